The van der Waals surface area contributed by atoms with Crippen molar-refractivity contribution in [3.63, 3.8) is 0 Å². The highest BCUT2D eigenvalue weighted by Gasteiger charge is 2.24. The van der Waals surface area contributed by atoms with Crippen LogP contribution in [0.3, 0.4) is 0 Å². The van der Waals surface area contributed by atoms with Gasteiger partial charge < -0.3 is 14.7 Å². The third kappa shape index (κ3) is 2.35. The topological polar surface area (TPSA) is 54.2 Å². The van der Waals surface area contributed by atoms with Crippen molar-refractivity contribution in [1.29, 1.82) is 0 Å². The molecule has 5 nitrogen and oxygen atoms in total. The van der Waals surface area contributed by atoms with Crippen LogP contribution in [0, 0.1) is 0 Å². The molecule has 1 aromatic heterocycles. The van der Waals surface area contributed by atoms with Crippen LogP contribution in [-0.2, 0) is 6.54 Å². The zero-order chi connectivity index (χ0) is 14.1. The maximum absolute atomic E-state index is 5.29. The van der Waals surface area contributed by atoms with Gasteiger partial charge in [-0.3, -0.25) is 0 Å². The second-order valence-electron chi connectivity index (χ2n) is 5.58. The number of nitrogens with zero attached hydrogens (tertiary/aromatic N) is 3. The lowest BCUT2D eigenvalue weighted by Gasteiger charge is -2.36. The number of anilines is 2. The molecule has 3 rings (SSSR count). The summed E-state index contributed by atoms with van der Waals surface area (Å²) >= 11 is 0. The maximum Gasteiger partial charge on any atom is 0.229 e. The van der Waals surface area contributed by atoms with Crippen LogP contribution in [0.1, 0.15) is 38.4 Å². The molecular formula is C15H20N4O. The number of fused-ring (bicyclic) bond motifs is 1. The Hall–Kier alpha value is -2.04. The predicted molar refractivity (Wildman–Crippen MR) is 79.0 cm³/mol. The quantitative estimate of drug-likeness (QED) is 0.930. The van der Waals surface area contributed by atoms with Crippen LogP contribution in [0.5, 0.6) is 0 Å². The first-order valence-electron chi connectivity index (χ1n) is 7.07. The number of rotatable bonds is 3. The van der Waals surface area contributed by atoms with E-state index in [1.165, 1.54) is 5.69 Å². The molecular weight excluding hydrogens is 252 g/mol. The summed E-state index contributed by atoms with van der Waals surface area (Å²) in [5.74, 6) is 1.72. The normalized spacial score (nSPS) is 18.0. The lowest BCUT2D eigenvalue weighted by molar-refractivity contribution is 0.360. The fourth-order valence-electron chi connectivity index (χ4n) is 2.44. The first-order chi connectivity index (χ1) is 9.65. The van der Waals surface area contributed by atoms with Crippen LogP contribution in [0.25, 0.3) is 0 Å². The van der Waals surface area contributed by atoms with Crippen LogP contribution in [-0.4, -0.2) is 22.7 Å². The second kappa shape index (κ2) is 5.15. The molecule has 0 radical (unpaired) electrons. The van der Waals surface area contributed by atoms with Gasteiger partial charge in [-0.1, -0.05) is 31.1 Å². The zero-order valence-electron chi connectivity index (χ0n) is 12.1. The van der Waals surface area contributed by atoms with Crippen LogP contribution in [0.15, 0.2) is 28.8 Å². The van der Waals surface area contributed by atoms with E-state index in [0.29, 0.717) is 18.5 Å². The van der Waals surface area contributed by atoms with Crippen molar-refractivity contribution in [2.45, 2.75) is 39.3 Å². The highest BCUT2D eigenvalue weighted by Crippen LogP contribution is 2.32. The maximum atomic E-state index is 5.29. The second-order valence-corrected chi connectivity index (χ2v) is 5.58. The summed E-state index contributed by atoms with van der Waals surface area (Å²) < 4.78 is 5.29. The van der Waals surface area contributed by atoms with E-state index < -0.39 is 0 Å². The SMILES string of the molecule is CC(C)c1nc(CN2c3ccccc3NCC2C)no1. The standard InChI is InChI=1S/C15H20N4O/c1-10(2)15-17-14(18-20-15)9-19-11(3)8-16-12-6-4-5-7-13(12)19/h4-7,10-11,16H,8-9H2,1-3H3. The van der Waals surface area contributed by atoms with Gasteiger partial charge in [0.2, 0.25) is 5.89 Å². The molecule has 1 aromatic carbocycles. The minimum absolute atomic E-state index is 0.268. The van der Waals surface area contributed by atoms with Gasteiger partial charge in [0.1, 0.15) is 0 Å². The van der Waals surface area contributed by atoms with Crippen molar-refractivity contribution in [1.82, 2.24) is 10.1 Å². The highest BCUT2D eigenvalue weighted by molar-refractivity contribution is 5.72. The molecule has 20 heavy (non-hydrogen) atoms. The number of aromatic nitrogens is 2. The van der Waals surface area contributed by atoms with Crippen molar-refractivity contribution in [2.75, 3.05) is 16.8 Å². The molecule has 5 heteroatoms. The summed E-state index contributed by atoms with van der Waals surface area (Å²) in [6, 6.07) is 8.73. The van der Waals surface area contributed by atoms with Crippen LogP contribution in [0.2, 0.25) is 0 Å². The van der Waals surface area contributed by atoms with E-state index >= 15 is 0 Å². The molecule has 1 aliphatic heterocycles. The Balaban J connectivity index is 1.85. The lowest BCUT2D eigenvalue weighted by atomic mass is 10.1. The number of hydrogen-bond acceptors (Lipinski definition) is 5. The number of para-hydroxylation sites is 2. The van der Waals surface area contributed by atoms with E-state index in [1.54, 1.807) is 0 Å². The molecule has 0 saturated carbocycles. The molecule has 0 aliphatic carbocycles. The average Bonchev–Trinajstić information content (AvgIpc) is 2.91. The number of benzene rings is 1. The van der Waals surface area contributed by atoms with Crippen molar-refractivity contribution in [2.24, 2.45) is 0 Å². The molecule has 0 bridgehead atoms. The van der Waals surface area contributed by atoms with E-state index in [2.05, 4.69) is 59.3 Å². The summed E-state index contributed by atoms with van der Waals surface area (Å²) in [4.78, 5) is 6.79. The minimum atomic E-state index is 0.268. The molecule has 1 atom stereocenters. The van der Waals surface area contributed by atoms with Gasteiger partial charge in [-0.05, 0) is 19.1 Å². The van der Waals surface area contributed by atoms with Crippen molar-refractivity contribution >= 4 is 11.4 Å². The van der Waals surface area contributed by atoms with Crippen molar-refractivity contribution in [3.05, 3.63) is 36.0 Å². The molecule has 0 fully saturated rings. The predicted octanol–water partition coefficient (Wildman–Crippen LogP) is 3.01. The van der Waals surface area contributed by atoms with Gasteiger partial charge in [-0.25, -0.2) is 0 Å². The molecule has 1 unspecified atom stereocenters. The number of hydrogen-bond donors (Lipinski definition) is 1. The van der Waals surface area contributed by atoms with Crippen LogP contribution >= 0.6 is 0 Å². The monoisotopic (exact) mass is 272 g/mol. The van der Waals surface area contributed by atoms with Crippen LogP contribution in [0.4, 0.5) is 11.4 Å². The lowest BCUT2D eigenvalue weighted by Crippen LogP contribution is -2.41. The molecule has 1 aliphatic rings. The highest BCUT2D eigenvalue weighted by atomic mass is 16.5. The fourth-order valence-corrected chi connectivity index (χ4v) is 2.44. The summed E-state index contributed by atoms with van der Waals surface area (Å²) in [5, 5.41) is 7.54. The smallest absolute Gasteiger partial charge is 0.229 e. The molecule has 0 amide bonds. The van der Waals surface area contributed by atoms with E-state index in [-0.39, 0.29) is 5.92 Å². The summed E-state index contributed by atoms with van der Waals surface area (Å²) in [6.45, 7) is 7.91. The fraction of sp³-hybridized carbons (Fsp3) is 0.467. The van der Waals surface area contributed by atoms with Crippen molar-refractivity contribution in [3.8, 4) is 0 Å². The van der Waals surface area contributed by atoms with E-state index in [0.717, 1.165) is 18.1 Å². The first kappa shape index (κ1) is 13.0. The Morgan fingerprint density at radius 2 is 2.20 bits per heavy atom. The molecule has 2 heterocycles. The Kier molecular flexibility index (Phi) is 3.34. The van der Waals surface area contributed by atoms with Crippen LogP contribution < -0.4 is 10.2 Å². The van der Waals surface area contributed by atoms with Gasteiger partial charge in [0, 0.05) is 18.5 Å². The average molecular weight is 272 g/mol. The van der Waals surface area contributed by atoms with Gasteiger partial charge >= 0.3 is 0 Å². The molecule has 0 spiro atoms. The Morgan fingerprint density at radius 3 is 2.95 bits per heavy atom. The van der Waals surface area contributed by atoms with Gasteiger partial charge in [0.15, 0.2) is 5.82 Å². The molecule has 1 N–H and O–H groups in total. The van der Waals surface area contributed by atoms with E-state index in [9.17, 15) is 0 Å². The Labute approximate surface area is 119 Å². The summed E-state index contributed by atoms with van der Waals surface area (Å²) in [5.41, 5.74) is 2.36. The van der Waals surface area contributed by atoms with Gasteiger partial charge in [-0.2, -0.15) is 4.98 Å². The number of nitrogens with one attached hydrogen (secondary N) is 1. The Morgan fingerprint density at radius 1 is 1.40 bits per heavy atom. The van der Waals surface area contributed by atoms with E-state index in [1.807, 2.05) is 6.07 Å². The third-order valence-electron chi connectivity index (χ3n) is 3.62. The zero-order valence-corrected chi connectivity index (χ0v) is 12.1. The summed E-state index contributed by atoms with van der Waals surface area (Å²) in [6.07, 6.45) is 0. The Bertz CT molecular complexity index is 593. The van der Waals surface area contributed by atoms with Crippen molar-refractivity contribution < 1.29 is 4.52 Å². The summed E-state index contributed by atoms with van der Waals surface area (Å²) in [7, 11) is 0. The third-order valence-corrected chi connectivity index (χ3v) is 3.62. The minimum Gasteiger partial charge on any atom is -0.381 e. The first-order valence-corrected chi connectivity index (χ1v) is 7.07. The van der Waals surface area contributed by atoms with Gasteiger partial charge in [0.05, 0.1) is 17.9 Å². The van der Waals surface area contributed by atoms with Gasteiger partial charge in [-0.15, -0.1) is 0 Å². The largest absolute Gasteiger partial charge is 0.381 e. The van der Waals surface area contributed by atoms with E-state index in [4.69, 9.17) is 4.52 Å². The molecule has 106 valence electrons. The van der Waals surface area contributed by atoms with Gasteiger partial charge in [0.25, 0.3) is 0 Å². The molecule has 2 aromatic rings. The molecule has 0 saturated heterocycles.